The molecule has 25 heavy (non-hydrogen) atoms. The van der Waals surface area contributed by atoms with E-state index in [1.165, 1.54) is 11.3 Å². The van der Waals surface area contributed by atoms with Gasteiger partial charge in [-0.15, -0.1) is 0 Å². The number of H-pyrrole nitrogens is 1. The van der Waals surface area contributed by atoms with E-state index in [2.05, 4.69) is 22.1 Å². The summed E-state index contributed by atoms with van der Waals surface area (Å²) >= 11 is 0. The van der Waals surface area contributed by atoms with Crippen molar-refractivity contribution in [3.05, 3.63) is 59.5 Å². The van der Waals surface area contributed by atoms with Gasteiger partial charge in [0.2, 0.25) is 0 Å². The van der Waals surface area contributed by atoms with E-state index in [0.29, 0.717) is 5.92 Å². The van der Waals surface area contributed by atoms with E-state index in [4.69, 9.17) is 0 Å². The van der Waals surface area contributed by atoms with Crippen LogP contribution in [0, 0.1) is 12.8 Å². The van der Waals surface area contributed by atoms with Crippen molar-refractivity contribution in [1.82, 2.24) is 20.1 Å². The van der Waals surface area contributed by atoms with E-state index in [-0.39, 0.29) is 5.91 Å². The highest BCUT2D eigenvalue weighted by atomic mass is 16.2. The Morgan fingerprint density at radius 1 is 1.32 bits per heavy atom. The van der Waals surface area contributed by atoms with Crippen LogP contribution in [-0.4, -0.2) is 39.1 Å². The molecule has 2 aromatic heterocycles. The summed E-state index contributed by atoms with van der Waals surface area (Å²) in [5.41, 5.74) is 4.01. The molecule has 5 nitrogen and oxygen atoms in total. The molecule has 0 saturated carbocycles. The van der Waals surface area contributed by atoms with Crippen molar-refractivity contribution in [2.45, 2.75) is 26.2 Å². The molecular formula is C20H22N4O. The van der Waals surface area contributed by atoms with Crippen LogP contribution in [0.1, 0.15) is 34.5 Å². The number of hydrogen-bond donors (Lipinski definition) is 1. The van der Waals surface area contributed by atoms with Crippen molar-refractivity contribution >= 4 is 16.8 Å². The number of fused-ring (bicyclic) bond motifs is 1. The number of rotatable bonds is 3. The van der Waals surface area contributed by atoms with Gasteiger partial charge in [-0.05, 0) is 55.9 Å². The first-order valence-electron chi connectivity index (χ1n) is 8.84. The highest BCUT2D eigenvalue weighted by Gasteiger charge is 2.26. The number of hydrogen-bond acceptors (Lipinski definition) is 3. The molecule has 0 spiro atoms. The molecule has 0 unspecified atom stereocenters. The third kappa shape index (κ3) is 3.14. The quantitative estimate of drug-likeness (QED) is 0.799. The molecule has 3 heterocycles. The van der Waals surface area contributed by atoms with Crippen LogP contribution in [0.5, 0.6) is 0 Å². The van der Waals surface area contributed by atoms with Crippen LogP contribution < -0.4 is 0 Å². The lowest BCUT2D eigenvalue weighted by molar-refractivity contribution is 0.0674. The van der Waals surface area contributed by atoms with Gasteiger partial charge in [-0.1, -0.05) is 12.1 Å². The van der Waals surface area contributed by atoms with Gasteiger partial charge in [-0.3, -0.25) is 14.9 Å². The normalized spacial score (nSPS) is 17.8. The second kappa shape index (κ2) is 6.67. The summed E-state index contributed by atoms with van der Waals surface area (Å²) in [5.74, 6) is 0.592. The van der Waals surface area contributed by atoms with Crippen LogP contribution in [0.2, 0.25) is 0 Å². The summed E-state index contributed by atoms with van der Waals surface area (Å²) in [5, 5.41) is 8.13. The summed E-state index contributed by atoms with van der Waals surface area (Å²) in [6, 6.07) is 9.64. The van der Waals surface area contributed by atoms with Crippen LogP contribution in [-0.2, 0) is 6.42 Å². The van der Waals surface area contributed by atoms with Crippen LogP contribution in [0.15, 0.2) is 42.7 Å². The predicted molar refractivity (Wildman–Crippen MR) is 97.4 cm³/mol. The third-order valence-corrected chi connectivity index (χ3v) is 5.11. The molecule has 1 saturated heterocycles. The minimum atomic E-state index is 0.115. The van der Waals surface area contributed by atoms with Crippen molar-refractivity contribution < 1.29 is 4.79 Å². The van der Waals surface area contributed by atoms with E-state index >= 15 is 0 Å². The minimum absolute atomic E-state index is 0.115. The molecule has 128 valence electrons. The summed E-state index contributed by atoms with van der Waals surface area (Å²) in [4.78, 5) is 19.5. The third-order valence-electron chi connectivity index (χ3n) is 5.11. The lowest BCUT2D eigenvalue weighted by Crippen LogP contribution is -2.40. The Kier molecular flexibility index (Phi) is 4.22. The summed E-state index contributed by atoms with van der Waals surface area (Å²) in [7, 11) is 0. The second-order valence-corrected chi connectivity index (χ2v) is 6.87. The van der Waals surface area contributed by atoms with Crippen LogP contribution in [0.25, 0.3) is 10.9 Å². The number of aryl methyl sites for hydroxylation is 1. The first-order chi connectivity index (χ1) is 12.2. The Balaban J connectivity index is 1.54. The zero-order valence-electron chi connectivity index (χ0n) is 14.4. The summed E-state index contributed by atoms with van der Waals surface area (Å²) < 4.78 is 0. The zero-order valence-corrected chi connectivity index (χ0v) is 14.4. The molecule has 1 aliphatic rings. The van der Waals surface area contributed by atoms with Gasteiger partial charge in [0.15, 0.2) is 0 Å². The number of nitrogens with zero attached hydrogens (tertiary/aromatic N) is 3. The van der Waals surface area contributed by atoms with Gasteiger partial charge in [-0.2, -0.15) is 5.10 Å². The van der Waals surface area contributed by atoms with E-state index in [1.807, 2.05) is 41.4 Å². The number of likely N-dealkylation sites (tertiary alicyclic amines) is 1. The Bertz CT molecular complexity index is 896. The molecule has 0 radical (unpaired) electrons. The number of carbonyl (C=O) groups is 1. The molecular weight excluding hydrogens is 312 g/mol. The van der Waals surface area contributed by atoms with Crippen molar-refractivity contribution in [1.29, 1.82) is 0 Å². The first kappa shape index (κ1) is 15.8. The van der Waals surface area contributed by atoms with E-state index in [0.717, 1.165) is 48.8 Å². The number of nitrogens with one attached hydrogen (secondary N) is 1. The van der Waals surface area contributed by atoms with Gasteiger partial charge in [0.1, 0.15) is 0 Å². The molecule has 0 aliphatic carbocycles. The maximum absolute atomic E-state index is 13.1. The Morgan fingerprint density at radius 3 is 3.08 bits per heavy atom. The smallest absolute Gasteiger partial charge is 0.254 e. The lowest BCUT2D eigenvalue weighted by Gasteiger charge is -2.33. The number of pyridine rings is 1. The van der Waals surface area contributed by atoms with Gasteiger partial charge in [-0.25, -0.2) is 0 Å². The zero-order chi connectivity index (χ0) is 17.2. The van der Waals surface area contributed by atoms with E-state index in [1.54, 1.807) is 6.20 Å². The van der Waals surface area contributed by atoms with Gasteiger partial charge in [0.05, 0.1) is 11.7 Å². The van der Waals surface area contributed by atoms with Gasteiger partial charge < -0.3 is 4.90 Å². The molecule has 4 rings (SSSR count). The van der Waals surface area contributed by atoms with E-state index < -0.39 is 0 Å². The second-order valence-electron chi connectivity index (χ2n) is 6.87. The fourth-order valence-electron chi connectivity index (χ4n) is 3.74. The van der Waals surface area contributed by atoms with Gasteiger partial charge in [0.25, 0.3) is 5.91 Å². The topological polar surface area (TPSA) is 61.9 Å². The molecule has 1 N–H and O–H groups in total. The maximum atomic E-state index is 13.1. The molecule has 3 aromatic rings. The molecule has 5 heteroatoms. The van der Waals surface area contributed by atoms with Crippen LogP contribution in [0.3, 0.4) is 0 Å². The SMILES string of the molecule is Cc1cn[nH]c1C[C@@H]1CCCN(C(=O)c2cccc3ncccc23)C1. The van der Waals surface area contributed by atoms with E-state index in [9.17, 15) is 4.79 Å². The van der Waals surface area contributed by atoms with Gasteiger partial charge >= 0.3 is 0 Å². The average molecular weight is 334 g/mol. The molecule has 1 atom stereocenters. The standard InChI is InChI=1S/C20H22N4O/c1-14-12-22-23-19(14)11-15-5-4-10-24(13-15)20(25)17-6-2-8-18-16(17)7-3-9-21-18/h2-3,6-9,12,15H,4-5,10-11,13H2,1H3,(H,22,23)/t15-/m0/s1. The predicted octanol–water partition coefficient (Wildman–Crippen LogP) is 3.36. The largest absolute Gasteiger partial charge is 0.338 e. The first-order valence-corrected chi connectivity index (χ1v) is 8.84. The highest BCUT2D eigenvalue weighted by molar-refractivity contribution is 6.06. The summed E-state index contributed by atoms with van der Waals surface area (Å²) in [6.45, 7) is 3.70. The Hall–Kier alpha value is -2.69. The van der Waals surface area contributed by atoms with Crippen LogP contribution >= 0.6 is 0 Å². The number of aromatic amines is 1. The number of amides is 1. The summed E-state index contributed by atoms with van der Waals surface area (Å²) in [6.07, 6.45) is 6.78. The van der Waals surface area contributed by atoms with Crippen LogP contribution in [0.4, 0.5) is 0 Å². The molecule has 1 fully saturated rings. The Labute approximate surface area is 147 Å². The van der Waals surface area contributed by atoms with Crippen molar-refractivity contribution in [2.75, 3.05) is 13.1 Å². The minimum Gasteiger partial charge on any atom is -0.338 e. The molecule has 0 bridgehead atoms. The Morgan fingerprint density at radius 2 is 2.24 bits per heavy atom. The number of benzene rings is 1. The lowest BCUT2D eigenvalue weighted by atomic mass is 9.92. The van der Waals surface area contributed by atoms with Gasteiger partial charge in [0, 0.05) is 35.9 Å². The highest BCUT2D eigenvalue weighted by Crippen LogP contribution is 2.24. The maximum Gasteiger partial charge on any atom is 0.254 e. The van der Waals surface area contributed by atoms with Crippen molar-refractivity contribution in [3.8, 4) is 0 Å². The fourth-order valence-corrected chi connectivity index (χ4v) is 3.74. The number of piperidine rings is 1. The monoisotopic (exact) mass is 334 g/mol. The molecule has 1 amide bonds. The number of aromatic nitrogens is 3. The fraction of sp³-hybridized carbons (Fsp3) is 0.350. The molecule has 1 aromatic carbocycles. The molecule has 1 aliphatic heterocycles. The average Bonchev–Trinajstić information content (AvgIpc) is 3.05. The van der Waals surface area contributed by atoms with Crippen molar-refractivity contribution in [3.63, 3.8) is 0 Å². The van der Waals surface area contributed by atoms with Crippen molar-refractivity contribution in [2.24, 2.45) is 5.92 Å². The number of carbonyl (C=O) groups excluding carboxylic acids is 1.